The highest BCUT2D eigenvalue weighted by molar-refractivity contribution is 7.92. The van der Waals surface area contributed by atoms with Crippen LogP contribution in [0.2, 0.25) is 0 Å². The number of alkyl halides is 4. The molecule has 4 aromatic rings. The standard InChI is InChI=1S/2C45H61F2N3O10S/c2*1-26(2)58-37-20-29-19-31(57-9)14-15-33(29)39(48-37)59-32-21-35-36(51)24-45(41(54)49-61(55,56)43(7)16-17-43)23-30(45)13-11-10-12-27(3)18-28(4)34(40(53)50(35)25-32)22-38(52)60-42(5,6)44(8,46)47/h2*11,13-15,19-20,26-28,30,32,34-35H,10,12,16-18,21-25H2,1-9H3,(H,49,54)/b2*13-11-/t27-,28+,30+,32+,34-,35-,45+;27-,28-,30-,32-,34+,35+,45-/m01/s1. The predicted molar refractivity (Wildman–Crippen MR) is 447 cm³/mol. The molecule has 6 fully saturated rings. The summed E-state index contributed by atoms with van der Waals surface area (Å²) in [4.78, 5) is 127. The van der Waals surface area contributed by atoms with E-state index in [9.17, 15) is 63.2 Å². The molecule has 0 unspecified atom stereocenters. The van der Waals surface area contributed by atoms with Crippen LogP contribution < -0.4 is 37.9 Å². The van der Waals surface area contributed by atoms with Gasteiger partial charge < -0.3 is 47.7 Å². The maximum absolute atomic E-state index is 15.0. The van der Waals surface area contributed by atoms with Crippen LogP contribution in [0.25, 0.3) is 21.5 Å². The number of Topliss-reactive ketones (excluding diaryl/α,β-unsaturated/α-hetero) is 2. The Morgan fingerprint density at radius 2 is 0.893 bits per heavy atom. The SMILES string of the molecule is COc1ccc2c(O[C@@H]3C[C@H]4C(=O)C[C@]5(C(=O)NS(=O)(=O)C6(C)CC6)C[C@H]5/C=C\CC[C@@H](C)C[C@@H](C)[C@H](CC(=O)OC(C)(C)C(C)(F)F)C(=O)N4C3)nc(OC(C)C)cc2c1.COc1ccc2c(O[C@@H]3C[C@H]4C(=O)C[C@]5(C(=O)NS(=O)(=O)C6(C)CC6)C[C@H]5/C=C\CC[C@H](C)C[C@@H](C)[C@H](CC(=O)OC(C)(C)C(C)(F)F)C(=O)N4C3)nc(OC(C)C)cc2c1. The average Bonchev–Trinajstić information content (AvgIpc) is 1.57. The Balaban J connectivity index is 0.000000238. The number of carbonyl (C=O) groups excluding carboxylic acids is 8. The van der Waals surface area contributed by atoms with Gasteiger partial charge in [-0.15, -0.1) is 0 Å². The lowest BCUT2D eigenvalue weighted by Crippen LogP contribution is -2.49. The number of esters is 2. The van der Waals surface area contributed by atoms with E-state index in [-0.39, 0.29) is 99.2 Å². The number of hydrogen-bond acceptors (Lipinski definition) is 22. The zero-order valence-corrected chi connectivity index (χ0v) is 75.1. The van der Waals surface area contributed by atoms with E-state index in [0.717, 1.165) is 27.7 Å². The van der Waals surface area contributed by atoms with Crippen molar-refractivity contribution in [1.82, 2.24) is 29.2 Å². The third kappa shape index (κ3) is 21.1. The molecule has 4 amide bonds. The van der Waals surface area contributed by atoms with Crippen LogP contribution in [0.3, 0.4) is 0 Å². The van der Waals surface area contributed by atoms with Gasteiger partial charge >= 0.3 is 11.9 Å². The third-order valence-corrected chi connectivity index (χ3v) is 30.8. The second-order valence-electron chi connectivity index (χ2n) is 38.0. The van der Waals surface area contributed by atoms with Crippen molar-refractivity contribution in [3.63, 3.8) is 0 Å². The molecular formula is C90H122F4N6O20S2. The number of carbonyl (C=O) groups is 8. The van der Waals surface area contributed by atoms with E-state index >= 15 is 9.59 Å². The van der Waals surface area contributed by atoms with Crippen LogP contribution in [0.1, 0.15) is 226 Å². The summed E-state index contributed by atoms with van der Waals surface area (Å²) in [7, 11) is -4.95. The number of ether oxygens (including phenoxy) is 8. The fourth-order valence-electron chi connectivity index (χ4n) is 17.1. The molecule has 0 spiro atoms. The van der Waals surface area contributed by atoms with E-state index in [2.05, 4.69) is 19.4 Å². The van der Waals surface area contributed by atoms with Gasteiger partial charge in [0.25, 0.3) is 11.8 Å². The molecule has 6 heterocycles. The highest BCUT2D eigenvalue weighted by Crippen LogP contribution is 2.60. The van der Waals surface area contributed by atoms with Crippen LogP contribution >= 0.6 is 0 Å². The number of aromatic nitrogens is 2. The van der Waals surface area contributed by atoms with E-state index in [0.29, 0.717) is 111 Å². The molecular weight excluding hydrogens is 1630 g/mol. The van der Waals surface area contributed by atoms with Crippen LogP contribution in [0.5, 0.6) is 35.0 Å². The van der Waals surface area contributed by atoms with Crippen molar-refractivity contribution in [3.8, 4) is 35.0 Å². The Labute approximate surface area is 713 Å². The molecule has 4 aliphatic heterocycles. The Kier molecular flexibility index (Phi) is 27.5. The van der Waals surface area contributed by atoms with E-state index in [4.69, 9.17) is 37.9 Å². The van der Waals surface area contributed by atoms with Gasteiger partial charge in [-0.2, -0.15) is 9.97 Å². The molecule has 2 N–H and O–H groups in total. The minimum atomic E-state index is -4.02. The quantitative estimate of drug-likeness (QED) is 0.0374. The Bertz CT molecular complexity index is 4640. The zero-order chi connectivity index (χ0) is 89.7. The number of allylic oxidation sites excluding steroid dienone is 4. The summed E-state index contributed by atoms with van der Waals surface area (Å²) in [5.74, 6) is -13.8. The first kappa shape index (κ1) is 94.0. The first-order valence-electron chi connectivity index (χ1n) is 42.7. The van der Waals surface area contributed by atoms with Gasteiger partial charge in [0.15, 0.2) is 22.8 Å². The number of rotatable bonds is 24. The summed E-state index contributed by atoms with van der Waals surface area (Å²) in [6.07, 6.45) is 9.70. The van der Waals surface area contributed by atoms with Gasteiger partial charge in [-0.3, -0.25) is 47.8 Å². The summed E-state index contributed by atoms with van der Waals surface area (Å²) in [6.45, 7) is 23.9. The van der Waals surface area contributed by atoms with Crippen LogP contribution in [-0.4, -0.2) is 180 Å². The molecule has 12 rings (SSSR count). The minimum Gasteiger partial charge on any atom is -0.497 e. The molecule has 4 aliphatic carbocycles. The number of pyridine rings is 2. The fraction of sp³-hybridized carbons (Fsp3) is 0.667. The lowest BCUT2D eigenvalue weighted by atomic mass is 9.82. The maximum Gasteiger partial charge on any atom is 0.307 e. The van der Waals surface area contributed by atoms with E-state index in [1.54, 1.807) is 76.6 Å². The van der Waals surface area contributed by atoms with Gasteiger partial charge in [-0.1, -0.05) is 52.0 Å². The van der Waals surface area contributed by atoms with Crippen molar-refractivity contribution >= 4 is 88.7 Å². The van der Waals surface area contributed by atoms with Gasteiger partial charge in [-0.25, -0.2) is 34.4 Å². The van der Waals surface area contributed by atoms with Gasteiger partial charge in [0.05, 0.1) is 96.6 Å². The first-order chi connectivity index (χ1) is 56.8. The van der Waals surface area contributed by atoms with Crippen molar-refractivity contribution < 1.29 is 111 Å². The Morgan fingerprint density at radius 3 is 1.21 bits per heavy atom. The number of amides is 4. The number of hydrogen-bond donors (Lipinski definition) is 2. The third-order valence-electron chi connectivity index (χ3n) is 26.4. The molecule has 32 heteroatoms. The normalized spacial score (nSPS) is 28.8. The average molecular weight is 1750 g/mol. The fourth-order valence-corrected chi connectivity index (χ4v) is 19.7. The number of methoxy groups -OCH3 is 2. The van der Waals surface area contributed by atoms with Crippen molar-refractivity contribution in [2.24, 2.45) is 58.2 Å². The number of fused-ring (bicyclic) bond motifs is 6. The lowest BCUT2D eigenvalue weighted by Gasteiger charge is -2.34. The van der Waals surface area contributed by atoms with Crippen LogP contribution in [0.4, 0.5) is 17.6 Å². The predicted octanol–water partition coefficient (Wildman–Crippen LogP) is 14.7. The summed E-state index contributed by atoms with van der Waals surface area (Å²) >= 11 is 0. The van der Waals surface area contributed by atoms with Crippen LogP contribution in [0, 0.1) is 58.2 Å². The smallest absolute Gasteiger partial charge is 0.307 e. The van der Waals surface area contributed by atoms with E-state index in [1.807, 2.05) is 79.7 Å². The molecule has 2 aromatic carbocycles. The second kappa shape index (κ2) is 35.7. The summed E-state index contributed by atoms with van der Waals surface area (Å²) < 4.78 is 160. The molecule has 122 heavy (non-hydrogen) atoms. The highest BCUT2D eigenvalue weighted by Gasteiger charge is 2.65. The number of nitrogens with zero attached hydrogens (tertiary/aromatic N) is 4. The molecule has 8 aliphatic rings. The summed E-state index contributed by atoms with van der Waals surface area (Å²) in [5.41, 5.74) is -7.04. The van der Waals surface area contributed by atoms with Crippen molar-refractivity contribution in [3.05, 3.63) is 72.8 Å². The monoisotopic (exact) mass is 1750 g/mol. The van der Waals surface area contributed by atoms with Crippen LogP contribution in [-0.2, 0) is 67.9 Å². The largest absolute Gasteiger partial charge is 0.497 e. The number of benzene rings is 2. The Hall–Kier alpha value is -8.68. The van der Waals surface area contributed by atoms with Crippen molar-refractivity contribution in [2.45, 2.75) is 295 Å². The van der Waals surface area contributed by atoms with Crippen molar-refractivity contribution in [2.75, 3.05) is 27.3 Å². The number of halogens is 4. The summed E-state index contributed by atoms with van der Waals surface area (Å²) in [6, 6.07) is 11.9. The lowest BCUT2D eigenvalue weighted by molar-refractivity contribution is -0.197. The molecule has 672 valence electrons. The minimum absolute atomic E-state index is 0.00915. The number of nitrogens with one attached hydrogen (secondary N) is 2. The molecule has 0 radical (unpaired) electrons. The Morgan fingerprint density at radius 1 is 0.541 bits per heavy atom. The number of sulfonamides is 2. The highest BCUT2D eigenvalue weighted by atomic mass is 32.2. The molecule has 2 aromatic heterocycles. The zero-order valence-electron chi connectivity index (χ0n) is 73.4. The van der Waals surface area contributed by atoms with Gasteiger partial charge in [0.1, 0.15) is 23.7 Å². The molecule has 2 saturated heterocycles. The summed E-state index contributed by atoms with van der Waals surface area (Å²) in [5, 5.41) is 2.65. The van der Waals surface area contributed by atoms with E-state index in [1.165, 1.54) is 9.80 Å². The van der Waals surface area contributed by atoms with Gasteiger partial charge in [0, 0.05) is 62.4 Å². The van der Waals surface area contributed by atoms with E-state index < -0.39 is 183 Å². The molecule has 4 saturated carbocycles. The van der Waals surface area contributed by atoms with Gasteiger partial charge in [0.2, 0.25) is 67.2 Å². The molecule has 14 atom stereocenters. The molecule has 26 nitrogen and oxygen atoms in total. The number of ketones is 2. The first-order valence-corrected chi connectivity index (χ1v) is 45.7. The molecule has 0 bridgehead atoms. The van der Waals surface area contributed by atoms with Gasteiger partial charge in [-0.05, 0) is 229 Å². The topological polar surface area (TPSA) is 335 Å². The van der Waals surface area contributed by atoms with Crippen molar-refractivity contribution in [1.29, 1.82) is 0 Å². The van der Waals surface area contributed by atoms with Crippen LogP contribution in [0.15, 0.2) is 72.8 Å². The second-order valence-corrected chi connectivity index (χ2v) is 42.4. The maximum atomic E-state index is 15.0.